The van der Waals surface area contributed by atoms with Gasteiger partial charge in [0.1, 0.15) is 0 Å². The van der Waals surface area contributed by atoms with Gasteiger partial charge >= 0.3 is 0 Å². The molecule has 1 aliphatic rings. The number of aromatic nitrogens is 1. The first-order chi connectivity index (χ1) is 11.5. The average molecular weight is 368 g/mol. The standard InChI is InChI=1S/C10H17N3S.C7H8O2S/c1-2-5-12-7-3-4-8-9(6-7)14-10(11)13-8;1-6-2-4-7(5-3-6)10(8)9/h7,12H,2-6H2,1H3,(H2,11,13);2-5H,1H3,(H,8,9). The van der Waals surface area contributed by atoms with E-state index in [4.69, 9.17) is 10.3 Å². The van der Waals surface area contributed by atoms with Gasteiger partial charge in [0.2, 0.25) is 0 Å². The predicted molar refractivity (Wildman–Crippen MR) is 101 cm³/mol. The van der Waals surface area contributed by atoms with Crippen molar-refractivity contribution in [3.63, 3.8) is 0 Å². The lowest BCUT2D eigenvalue weighted by atomic mass is 9.98. The molecular weight excluding hydrogens is 342 g/mol. The van der Waals surface area contributed by atoms with Crippen LogP contribution in [0.3, 0.4) is 0 Å². The van der Waals surface area contributed by atoms with E-state index in [9.17, 15) is 4.21 Å². The summed E-state index contributed by atoms with van der Waals surface area (Å²) in [7, 11) is 0. The molecule has 132 valence electrons. The Morgan fingerprint density at radius 1 is 1.42 bits per heavy atom. The highest BCUT2D eigenvalue weighted by Gasteiger charge is 2.21. The number of benzene rings is 1. The summed E-state index contributed by atoms with van der Waals surface area (Å²) in [5.41, 5.74) is 8.02. The van der Waals surface area contributed by atoms with E-state index < -0.39 is 11.1 Å². The van der Waals surface area contributed by atoms with Gasteiger partial charge in [-0.1, -0.05) is 24.6 Å². The highest BCUT2D eigenvalue weighted by Crippen LogP contribution is 2.27. The van der Waals surface area contributed by atoms with Crippen LogP contribution in [0.25, 0.3) is 0 Å². The third-order valence-electron chi connectivity index (χ3n) is 3.86. The summed E-state index contributed by atoms with van der Waals surface area (Å²) in [4.78, 5) is 6.18. The molecule has 1 aromatic heterocycles. The number of fused-ring (bicyclic) bond motifs is 1. The van der Waals surface area contributed by atoms with Crippen LogP contribution in [0.15, 0.2) is 29.2 Å². The van der Waals surface area contributed by atoms with Crippen LogP contribution in [-0.2, 0) is 23.9 Å². The number of hydrogen-bond donors (Lipinski definition) is 3. The van der Waals surface area contributed by atoms with Crippen molar-refractivity contribution in [2.75, 3.05) is 12.3 Å². The summed E-state index contributed by atoms with van der Waals surface area (Å²) in [6.45, 7) is 5.25. The number of nitrogens with one attached hydrogen (secondary N) is 1. The van der Waals surface area contributed by atoms with Gasteiger partial charge in [0.05, 0.1) is 10.6 Å². The Hall–Kier alpha value is -1.28. The van der Waals surface area contributed by atoms with E-state index in [1.807, 2.05) is 19.1 Å². The molecule has 0 spiro atoms. The number of anilines is 1. The quantitative estimate of drug-likeness (QED) is 0.723. The Morgan fingerprint density at radius 2 is 2.12 bits per heavy atom. The molecule has 5 nitrogen and oxygen atoms in total. The maximum atomic E-state index is 10.4. The molecule has 1 heterocycles. The fourth-order valence-electron chi connectivity index (χ4n) is 2.57. The molecule has 1 aliphatic carbocycles. The fourth-order valence-corrected chi connectivity index (χ4v) is 3.90. The number of hydrogen-bond acceptors (Lipinski definition) is 5. The van der Waals surface area contributed by atoms with Crippen LogP contribution >= 0.6 is 11.3 Å². The Kier molecular flexibility index (Phi) is 7.36. The van der Waals surface area contributed by atoms with Crippen molar-refractivity contribution in [1.29, 1.82) is 0 Å². The summed E-state index contributed by atoms with van der Waals surface area (Å²) < 4.78 is 19.0. The monoisotopic (exact) mass is 367 g/mol. The van der Waals surface area contributed by atoms with Gasteiger partial charge in [0, 0.05) is 10.9 Å². The van der Waals surface area contributed by atoms with E-state index in [0.717, 1.165) is 30.1 Å². The minimum absolute atomic E-state index is 0.450. The van der Waals surface area contributed by atoms with Crippen LogP contribution in [0.1, 0.15) is 35.9 Å². The molecule has 2 atom stereocenters. The van der Waals surface area contributed by atoms with Gasteiger partial charge < -0.3 is 15.6 Å². The molecule has 0 amide bonds. The molecule has 0 fully saturated rings. The summed E-state index contributed by atoms with van der Waals surface area (Å²) in [5.74, 6) is 0. The largest absolute Gasteiger partial charge is 0.375 e. The zero-order chi connectivity index (χ0) is 17.5. The topological polar surface area (TPSA) is 88.2 Å². The lowest BCUT2D eigenvalue weighted by Crippen LogP contribution is -2.34. The molecule has 4 N–H and O–H groups in total. The molecular formula is C17H25N3O2S2. The zero-order valence-corrected chi connectivity index (χ0v) is 15.8. The molecule has 2 unspecified atom stereocenters. The lowest BCUT2D eigenvalue weighted by molar-refractivity contribution is 0.460. The van der Waals surface area contributed by atoms with Crippen LogP contribution in [0.2, 0.25) is 0 Å². The fraction of sp³-hybridized carbons (Fsp3) is 0.471. The maximum Gasteiger partial charge on any atom is 0.186 e. The van der Waals surface area contributed by atoms with Crippen molar-refractivity contribution in [2.45, 2.75) is 50.5 Å². The molecule has 3 rings (SSSR count). The van der Waals surface area contributed by atoms with E-state index in [0.29, 0.717) is 10.9 Å². The van der Waals surface area contributed by atoms with Crippen molar-refractivity contribution in [2.24, 2.45) is 0 Å². The highest BCUT2D eigenvalue weighted by atomic mass is 32.2. The van der Waals surface area contributed by atoms with E-state index in [1.54, 1.807) is 23.5 Å². The van der Waals surface area contributed by atoms with Gasteiger partial charge in [0.15, 0.2) is 16.2 Å². The summed E-state index contributed by atoms with van der Waals surface area (Å²) in [6.07, 6.45) is 4.61. The minimum Gasteiger partial charge on any atom is -0.375 e. The van der Waals surface area contributed by atoms with Crippen molar-refractivity contribution in [1.82, 2.24) is 10.3 Å². The summed E-state index contributed by atoms with van der Waals surface area (Å²) >= 11 is -0.183. The Balaban J connectivity index is 0.000000185. The van der Waals surface area contributed by atoms with E-state index in [2.05, 4.69) is 17.2 Å². The molecule has 0 saturated carbocycles. The smallest absolute Gasteiger partial charge is 0.186 e. The van der Waals surface area contributed by atoms with Gasteiger partial charge in [-0.25, -0.2) is 9.19 Å². The normalized spacial score (nSPS) is 17.5. The van der Waals surface area contributed by atoms with Gasteiger partial charge in [-0.3, -0.25) is 0 Å². The number of nitrogens with two attached hydrogens (primary N) is 1. The molecule has 0 saturated heterocycles. The van der Waals surface area contributed by atoms with Crippen LogP contribution in [-0.4, -0.2) is 26.3 Å². The van der Waals surface area contributed by atoms with Crippen molar-refractivity contribution in [3.8, 4) is 0 Å². The van der Waals surface area contributed by atoms with Crippen molar-refractivity contribution >= 4 is 27.5 Å². The minimum atomic E-state index is -1.84. The summed E-state index contributed by atoms with van der Waals surface area (Å²) in [5, 5.41) is 4.29. The van der Waals surface area contributed by atoms with Crippen LogP contribution < -0.4 is 11.1 Å². The van der Waals surface area contributed by atoms with Crippen molar-refractivity contribution in [3.05, 3.63) is 40.4 Å². The van der Waals surface area contributed by atoms with Gasteiger partial charge in [-0.2, -0.15) is 0 Å². The van der Waals surface area contributed by atoms with E-state index >= 15 is 0 Å². The zero-order valence-electron chi connectivity index (χ0n) is 14.1. The second kappa shape index (κ2) is 9.27. The lowest BCUT2D eigenvalue weighted by Gasteiger charge is -2.21. The van der Waals surface area contributed by atoms with Crippen LogP contribution in [0.5, 0.6) is 0 Å². The number of nitrogens with zero attached hydrogens (tertiary/aromatic N) is 1. The first-order valence-electron chi connectivity index (χ1n) is 8.14. The SMILES string of the molecule is CCCNC1CCc2nc(N)sc2C1.Cc1ccc(S(=O)O)cc1. The molecule has 24 heavy (non-hydrogen) atoms. The molecule has 1 aromatic carbocycles. The van der Waals surface area contributed by atoms with Crippen molar-refractivity contribution < 1.29 is 8.76 Å². The second-order valence-electron chi connectivity index (χ2n) is 5.88. The predicted octanol–water partition coefficient (Wildman–Crippen LogP) is 3.16. The third-order valence-corrected chi connectivity index (χ3v) is 5.49. The maximum absolute atomic E-state index is 10.4. The van der Waals surface area contributed by atoms with E-state index in [-0.39, 0.29) is 0 Å². The molecule has 0 bridgehead atoms. The molecule has 7 heteroatoms. The van der Waals surface area contributed by atoms with Gasteiger partial charge in [-0.15, -0.1) is 11.3 Å². The van der Waals surface area contributed by atoms with Gasteiger partial charge in [0.25, 0.3) is 0 Å². The van der Waals surface area contributed by atoms with Crippen LogP contribution in [0.4, 0.5) is 5.13 Å². The second-order valence-corrected chi connectivity index (χ2v) is 7.96. The number of nitrogen functional groups attached to an aromatic ring is 1. The van der Waals surface area contributed by atoms with Gasteiger partial charge in [-0.05, 0) is 51.3 Å². The molecule has 0 radical (unpaired) electrons. The third kappa shape index (κ3) is 5.66. The number of aryl methyl sites for hydroxylation is 2. The number of thiazole rings is 1. The first-order valence-corrected chi connectivity index (χ1v) is 10.1. The van der Waals surface area contributed by atoms with Crippen LogP contribution in [0, 0.1) is 6.92 Å². The summed E-state index contributed by atoms with van der Waals surface area (Å²) in [6, 6.07) is 7.55. The number of rotatable bonds is 4. The first kappa shape index (κ1) is 19.1. The molecule has 0 aliphatic heterocycles. The Bertz CT molecular complexity index is 671. The Morgan fingerprint density at radius 3 is 2.75 bits per heavy atom. The average Bonchev–Trinajstić information content (AvgIpc) is 2.93. The Labute approximate surface area is 150 Å². The highest BCUT2D eigenvalue weighted by molar-refractivity contribution is 7.79. The van der Waals surface area contributed by atoms with E-state index in [1.165, 1.54) is 23.4 Å². The molecule has 2 aromatic rings.